The van der Waals surface area contributed by atoms with Crippen LogP contribution in [0.1, 0.15) is 13.8 Å². The summed E-state index contributed by atoms with van der Waals surface area (Å²) in [6.07, 6.45) is -0.625. The molecule has 25 heavy (non-hydrogen) atoms. The summed E-state index contributed by atoms with van der Waals surface area (Å²) < 4.78 is 17.8. The summed E-state index contributed by atoms with van der Waals surface area (Å²) in [5.41, 5.74) is 1.35. The zero-order valence-electron chi connectivity index (χ0n) is 13.4. The Morgan fingerprint density at radius 1 is 1.16 bits per heavy atom. The summed E-state index contributed by atoms with van der Waals surface area (Å²) in [4.78, 5) is 26.3. The van der Waals surface area contributed by atoms with Crippen LogP contribution in [-0.4, -0.2) is 40.8 Å². The predicted octanol–water partition coefficient (Wildman–Crippen LogP) is 3.57. The number of imidazole rings is 1. The van der Waals surface area contributed by atoms with Crippen molar-refractivity contribution in [1.82, 2.24) is 9.55 Å². The first kappa shape index (κ1) is 20.0. The Kier molecular flexibility index (Phi) is 7.06. The highest BCUT2D eigenvalue weighted by molar-refractivity contribution is 9.10. The van der Waals surface area contributed by atoms with Gasteiger partial charge in [0.15, 0.2) is 4.73 Å². The first-order valence-electron chi connectivity index (χ1n) is 7.17. The topological polar surface area (TPSA) is 79.6 Å². The Morgan fingerprint density at radius 2 is 1.72 bits per heavy atom. The number of hydrogen-bond acceptors (Lipinski definition) is 6. The fraction of sp³-hybridized carbons (Fsp3) is 0.400. The number of halogens is 3. The van der Waals surface area contributed by atoms with Crippen molar-refractivity contribution in [1.29, 1.82) is 0 Å². The van der Waals surface area contributed by atoms with Crippen LogP contribution in [0.25, 0.3) is 11.0 Å². The van der Waals surface area contributed by atoms with Crippen molar-refractivity contribution in [3.63, 3.8) is 0 Å². The Morgan fingerprint density at radius 3 is 2.28 bits per heavy atom. The number of esters is 2. The molecule has 0 fully saturated rings. The summed E-state index contributed by atoms with van der Waals surface area (Å²) in [6, 6.07) is 3.32. The molecule has 0 saturated carbocycles. The SMILES string of the molecule is CC(=O)OCC(COC(C)=O)OCn1c(Br)nc2cc(Cl)c(Cl)cc21. The molecule has 0 radical (unpaired) electrons. The van der Waals surface area contributed by atoms with E-state index in [1.165, 1.54) is 13.8 Å². The van der Waals surface area contributed by atoms with Gasteiger partial charge in [0.2, 0.25) is 0 Å². The third kappa shape index (κ3) is 5.57. The van der Waals surface area contributed by atoms with Gasteiger partial charge in [-0.2, -0.15) is 0 Å². The fourth-order valence-electron chi connectivity index (χ4n) is 1.96. The standard InChI is InChI=1S/C15H15BrCl2N2O5/c1-8(21)23-5-10(6-24-9(2)22)25-7-20-14-4-12(18)11(17)3-13(14)19-15(20)16/h3-4,10H,5-7H2,1-2H3. The third-order valence-electron chi connectivity index (χ3n) is 3.13. The number of benzene rings is 1. The van der Waals surface area contributed by atoms with Crippen LogP contribution < -0.4 is 0 Å². The maximum Gasteiger partial charge on any atom is 0.302 e. The average Bonchev–Trinajstić information content (AvgIpc) is 2.81. The van der Waals surface area contributed by atoms with Crippen LogP contribution in [-0.2, 0) is 30.5 Å². The molecule has 7 nitrogen and oxygen atoms in total. The number of carbonyl (C=O) groups is 2. The summed E-state index contributed by atoms with van der Waals surface area (Å²) in [6.45, 7) is 2.56. The van der Waals surface area contributed by atoms with Crippen LogP contribution in [0.5, 0.6) is 0 Å². The monoisotopic (exact) mass is 452 g/mol. The molecule has 0 amide bonds. The first-order chi connectivity index (χ1) is 11.8. The van der Waals surface area contributed by atoms with Crippen molar-refractivity contribution in [3.8, 4) is 0 Å². The van der Waals surface area contributed by atoms with Crippen molar-refractivity contribution in [2.24, 2.45) is 0 Å². The van der Waals surface area contributed by atoms with E-state index < -0.39 is 18.0 Å². The lowest BCUT2D eigenvalue weighted by atomic mass is 10.3. The van der Waals surface area contributed by atoms with Gasteiger partial charge < -0.3 is 14.2 Å². The van der Waals surface area contributed by atoms with Gasteiger partial charge in [0.25, 0.3) is 0 Å². The van der Waals surface area contributed by atoms with Crippen LogP contribution >= 0.6 is 39.1 Å². The number of carbonyl (C=O) groups excluding carboxylic acids is 2. The van der Waals surface area contributed by atoms with Crippen molar-refractivity contribution >= 4 is 62.1 Å². The Labute approximate surface area is 162 Å². The predicted molar refractivity (Wildman–Crippen MR) is 95.6 cm³/mol. The van der Waals surface area contributed by atoms with Crippen LogP contribution in [0.2, 0.25) is 10.0 Å². The molecule has 0 aliphatic rings. The summed E-state index contributed by atoms with van der Waals surface area (Å²) in [5, 5.41) is 0.786. The Balaban J connectivity index is 2.14. The van der Waals surface area contributed by atoms with E-state index in [1.54, 1.807) is 16.7 Å². The smallest absolute Gasteiger partial charge is 0.302 e. The zero-order valence-corrected chi connectivity index (χ0v) is 16.5. The number of fused-ring (bicyclic) bond motifs is 1. The van der Waals surface area contributed by atoms with Crippen LogP contribution in [0.15, 0.2) is 16.9 Å². The molecule has 1 heterocycles. The van der Waals surface area contributed by atoms with Crippen molar-refractivity contribution < 1.29 is 23.8 Å². The quantitative estimate of drug-likeness (QED) is 0.596. The average molecular weight is 454 g/mol. The largest absolute Gasteiger partial charge is 0.463 e. The molecule has 10 heteroatoms. The number of hydrogen-bond donors (Lipinski definition) is 0. The normalized spacial score (nSPS) is 11.1. The van der Waals surface area contributed by atoms with E-state index in [0.717, 1.165) is 0 Å². The second-order valence-electron chi connectivity index (χ2n) is 5.09. The van der Waals surface area contributed by atoms with Crippen LogP contribution in [0.4, 0.5) is 0 Å². The minimum atomic E-state index is -0.625. The van der Waals surface area contributed by atoms with Crippen molar-refractivity contribution in [2.45, 2.75) is 26.7 Å². The molecule has 2 rings (SSSR count). The fourth-order valence-corrected chi connectivity index (χ4v) is 2.76. The summed E-state index contributed by atoms with van der Waals surface area (Å²) in [5.74, 6) is -0.904. The molecule has 0 bridgehead atoms. The van der Waals surface area contributed by atoms with Gasteiger partial charge in [-0.1, -0.05) is 23.2 Å². The number of nitrogens with zero attached hydrogens (tertiary/aromatic N) is 2. The van der Waals surface area contributed by atoms with E-state index in [-0.39, 0.29) is 19.9 Å². The van der Waals surface area contributed by atoms with Crippen molar-refractivity contribution in [2.75, 3.05) is 13.2 Å². The van der Waals surface area contributed by atoms with Gasteiger partial charge in [-0.3, -0.25) is 14.2 Å². The van der Waals surface area contributed by atoms with E-state index in [2.05, 4.69) is 20.9 Å². The van der Waals surface area contributed by atoms with Gasteiger partial charge in [-0.15, -0.1) is 0 Å². The van der Waals surface area contributed by atoms with Crippen LogP contribution in [0.3, 0.4) is 0 Å². The molecule has 0 N–H and O–H groups in total. The number of aromatic nitrogens is 2. The van der Waals surface area contributed by atoms with Crippen LogP contribution in [0, 0.1) is 0 Å². The van der Waals surface area contributed by atoms with Gasteiger partial charge in [-0.05, 0) is 28.1 Å². The molecule has 136 valence electrons. The van der Waals surface area contributed by atoms with E-state index in [9.17, 15) is 9.59 Å². The number of rotatable bonds is 7. The van der Waals surface area contributed by atoms with E-state index in [4.69, 9.17) is 37.4 Å². The molecule has 1 aromatic heterocycles. The summed E-state index contributed by atoms with van der Waals surface area (Å²) >= 11 is 15.4. The van der Waals surface area contributed by atoms with Crippen molar-refractivity contribution in [3.05, 3.63) is 26.9 Å². The maximum absolute atomic E-state index is 11.0. The van der Waals surface area contributed by atoms with Gasteiger partial charge in [-0.25, -0.2) is 4.98 Å². The molecular weight excluding hydrogens is 439 g/mol. The lowest BCUT2D eigenvalue weighted by Crippen LogP contribution is -2.28. The maximum atomic E-state index is 11.0. The molecule has 0 unspecified atom stereocenters. The minimum absolute atomic E-state index is 0.0422. The molecular formula is C15H15BrCl2N2O5. The number of ether oxygens (including phenoxy) is 3. The zero-order chi connectivity index (χ0) is 18.6. The highest BCUT2D eigenvalue weighted by atomic mass is 79.9. The van der Waals surface area contributed by atoms with E-state index >= 15 is 0 Å². The molecule has 0 atom stereocenters. The lowest BCUT2D eigenvalue weighted by Gasteiger charge is -2.18. The first-order valence-corrected chi connectivity index (χ1v) is 8.72. The minimum Gasteiger partial charge on any atom is -0.463 e. The van der Waals surface area contributed by atoms with Gasteiger partial charge in [0.05, 0.1) is 21.1 Å². The van der Waals surface area contributed by atoms with Gasteiger partial charge >= 0.3 is 11.9 Å². The molecule has 0 aliphatic heterocycles. The Hall–Kier alpha value is -1.35. The van der Waals surface area contributed by atoms with E-state index in [0.29, 0.717) is 25.8 Å². The second-order valence-corrected chi connectivity index (χ2v) is 6.61. The Bertz CT molecular complexity index is 778. The van der Waals surface area contributed by atoms with Gasteiger partial charge in [0.1, 0.15) is 26.0 Å². The molecule has 0 saturated heterocycles. The highest BCUT2D eigenvalue weighted by Crippen LogP contribution is 2.29. The molecule has 0 aliphatic carbocycles. The summed E-state index contributed by atoms with van der Waals surface area (Å²) in [7, 11) is 0. The lowest BCUT2D eigenvalue weighted by molar-refractivity contribution is -0.154. The molecule has 1 aromatic carbocycles. The molecule has 0 spiro atoms. The van der Waals surface area contributed by atoms with Gasteiger partial charge in [0, 0.05) is 13.8 Å². The molecule has 2 aromatic rings. The highest BCUT2D eigenvalue weighted by Gasteiger charge is 2.17. The van der Waals surface area contributed by atoms with E-state index in [1.807, 2.05) is 0 Å². The third-order valence-corrected chi connectivity index (χ3v) is 4.46. The second kappa shape index (κ2) is 8.84.